The largest absolute Gasteiger partial charge is 0.340 e. The highest BCUT2D eigenvalue weighted by atomic mass is 16.2. The summed E-state index contributed by atoms with van der Waals surface area (Å²) in [4.78, 5) is 16.9. The summed E-state index contributed by atoms with van der Waals surface area (Å²) in [7, 11) is 0. The van der Waals surface area contributed by atoms with Crippen LogP contribution in [0.15, 0.2) is 30.5 Å². The van der Waals surface area contributed by atoms with Crippen molar-refractivity contribution in [3.05, 3.63) is 36.2 Å². The molecule has 0 aromatic carbocycles. The average molecular weight is 340 g/mol. The lowest BCUT2D eigenvalue weighted by Gasteiger charge is -2.34. The van der Waals surface area contributed by atoms with Crippen molar-refractivity contribution in [2.24, 2.45) is 5.92 Å². The van der Waals surface area contributed by atoms with E-state index in [2.05, 4.69) is 27.0 Å². The maximum atomic E-state index is 12.4. The van der Waals surface area contributed by atoms with Gasteiger partial charge in [-0.1, -0.05) is 31.7 Å². The van der Waals surface area contributed by atoms with E-state index >= 15 is 0 Å². The zero-order valence-corrected chi connectivity index (χ0v) is 14.9. The molecule has 1 saturated heterocycles. The van der Waals surface area contributed by atoms with Crippen LogP contribution in [0.1, 0.15) is 44.2 Å². The molecule has 4 rings (SSSR count). The molecule has 5 nitrogen and oxygen atoms in total. The fraction of sp³-hybridized carbons (Fsp3) is 0.600. The number of rotatable bonds is 5. The van der Waals surface area contributed by atoms with Crippen LogP contribution in [0.5, 0.6) is 0 Å². The van der Waals surface area contributed by atoms with Crippen molar-refractivity contribution >= 4 is 11.4 Å². The Balaban J connectivity index is 1.24. The number of amides is 1. The molecule has 0 N–H and O–H groups in total. The Morgan fingerprint density at radius 1 is 1.12 bits per heavy atom. The van der Waals surface area contributed by atoms with Crippen molar-refractivity contribution in [2.75, 3.05) is 26.2 Å². The summed E-state index contributed by atoms with van der Waals surface area (Å²) < 4.78 is 1.93. The Morgan fingerprint density at radius 2 is 1.92 bits per heavy atom. The van der Waals surface area contributed by atoms with Crippen molar-refractivity contribution < 1.29 is 4.79 Å². The molecule has 2 aromatic rings. The molecule has 1 amide bonds. The van der Waals surface area contributed by atoms with Gasteiger partial charge in [0.2, 0.25) is 5.91 Å². The molecule has 3 heterocycles. The Morgan fingerprint density at radius 3 is 2.68 bits per heavy atom. The van der Waals surface area contributed by atoms with E-state index in [1.807, 2.05) is 22.8 Å². The summed E-state index contributed by atoms with van der Waals surface area (Å²) in [6.45, 7) is 4.48. The Kier molecular flexibility index (Phi) is 5.02. The lowest BCUT2D eigenvalue weighted by molar-refractivity contribution is -0.133. The summed E-state index contributed by atoms with van der Waals surface area (Å²) >= 11 is 0. The third kappa shape index (κ3) is 4.03. The van der Waals surface area contributed by atoms with Crippen LogP contribution in [0, 0.1) is 5.92 Å². The van der Waals surface area contributed by atoms with Crippen LogP contribution in [-0.4, -0.2) is 51.5 Å². The molecular weight excluding hydrogens is 312 g/mol. The fourth-order valence-corrected chi connectivity index (χ4v) is 4.24. The average Bonchev–Trinajstić information content (AvgIpc) is 3.29. The number of hydrogen-bond donors (Lipinski definition) is 0. The van der Waals surface area contributed by atoms with Gasteiger partial charge in [-0.05, 0) is 30.5 Å². The number of carbonyl (C=O) groups excluding carboxylic acids is 1. The standard InChI is InChI=1S/C20H28N4O/c25-20(9-8-17-5-1-2-6-17)23-13-11-22(12-14-23)16-18-15-19-7-3-4-10-24(19)21-18/h3-4,7,10,15,17H,1-2,5-6,8-9,11-14,16H2. The smallest absolute Gasteiger partial charge is 0.222 e. The minimum atomic E-state index is 0.360. The van der Waals surface area contributed by atoms with Gasteiger partial charge in [-0.3, -0.25) is 9.69 Å². The molecule has 1 aliphatic carbocycles. The van der Waals surface area contributed by atoms with Crippen molar-refractivity contribution in [3.8, 4) is 0 Å². The number of aromatic nitrogens is 2. The highest BCUT2D eigenvalue weighted by Crippen LogP contribution is 2.28. The zero-order chi connectivity index (χ0) is 17.1. The quantitative estimate of drug-likeness (QED) is 0.840. The maximum Gasteiger partial charge on any atom is 0.222 e. The van der Waals surface area contributed by atoms with Gasteiger partial charge in [-0.25, -0.2) is 4.52 Å². The first kappa shape index (κ1) is 16.6. The van der Waals surface area contributed by atoms with Crippen molar-refractivity contribution in [2.45, 2.75) is 45.1 Å². The molecule has 2 aliphatic rings. The number of fused-ring (bicyclic) bond motifs is 1. The molecular formula is C20H28N4O. The van der Waals surface area contributed by atoms with Gasteiger partial charge in [0, 0.05) is 45.3 Å². The lowest BCUT2D eigenvalue weighted by Crippen LogP contribution is -2.48. The van der Waals surface area contributed by atoms with Crippen LogP contribution in [0.4, 0.5) is 0 Å². The van der Waals surface area contributed by atoms with Gasteiger partial charge in [-0.2, -0.15) is 5.10 Å². The molecule has 0 unspecified atom stereocenters. The van der Waals surface area contributed by atoms with E-state index in [4.69, 9.17) is 0 Å². The molecule has 134 valence electrons. The monoisotopic (exact) mass is 340 g/mol. The topological polar surface area (TPSA) is 40.9 Å². The van der Waals surface area contributed by atoms with Gasteiger partial charge in [0.15, 0.2) is 0 Å². The highest BCUT2D eigenvalue weighted by molar-refractivity contribution is 5.76. The summed E-state index contributed by atoms with van der Waals surface area (Å²) in [6.07, 6.45) is 9.22. The first-order chi connectivity index (χ1) is 12.3. The molecule has 2 fully saturated rings. The van der Waals surface area contributed by atoms with E-state index in [1.54, 1.807) is 0 Å². The molecule has 1 aliphatic heterocycles. The molecule has 0 bridgehead atoms. The number of piperazine rings is 1. The minimum Gasteiger partial charge on any atom is -0.340 e. The van der Waals surface area contributed by atoms with E-state index in [1.165, 1.54) is 25.7 Å². The summed E-state index contributed by atoms with van der Waals surface area (Å²) in [5.41, 5.74) is 2.24. The van der Waals surface area contributed by atoms with Crippen molar-refractivity contribution in [3.63, 3.8) is 0 Å². The first-order valence-electron chi connectivity index (χ1n) is 9.71. The highest BCUT2D eigenvalue weighted by Gasteiger charge is 2.23. The summed E-state index contributed by atoms with van der Waals surface area (Å²) in [5.74, 6) is 1.17. The Labute approximate surface area is 149 Å². The van der Waals surface area contributed by atoms with E-state index in [0.29, 0.717) is 5.91 Å². The normalized spacial score (nSPS) is 19.8. The zero-order valence-electron chi connectivity index (χ0n) is 14.9. The number of nitrogens with zero attached hydrogens (tertiary/aromatic N) is 4. The van der Waals surface area contributed by atoms with Crippen LogP contribution in [0.25, 0.3) is 5.52 Å². The van der Waals surface area contributed by atoms with Gasteiger partial charge in [0.05, 0.1) is 11.2 Å². The van der Waals surface area contributed by atoms with E-state index in [9.17, 15) is 4.79 Å². The number of carbonyl (C=O) groups is 1. The molecule has 5 heteroatoms. The predicted octanol–water partition coefficient (Wildman–Crippen LogP) is 2.95. The van der Waals surface area contributed by atoms with Crippen LogP contribution >= 0.6 is 0 Å². The Bertz CT molecular complexity index is 678. The summed E-state index contributed by atoms with van der Waals surface area (Å²) in [5, 5.41) is 4.63. The van der Waals surface area contributed by atoms with Gasteiger partial charge >= 0.3 is 0 Å². The molecule has 0 atom stereocenters. The minimum absolute atomic E-state index is 0.360. The SMILES string of the molecule is O=C(CCC1CCCC1)N1CCN(Cc2cc3ccccn3n2)CC1. The van der Waals surface area contributed by atoms with Crippen molar-refractivity contribution in [1.82, 2.24) is 19.4 Å². The molecule has 0 spiro atoms. The van der Waals surface area contributed by atoms with Gasteiger partial charge in [0.1, 0.15) is 0 Å². The predicted molar refractivity (Wildman–Crippen MR) is 98.2 cm³/mol. The number of pyridine rings is 1. The van der Waals surface area contributed by atoms with E-state index < -0.39 is 0 Å². The second-order valence-corrected chi connectivity index (χ2v) is 7.55. The van der Waals surface area contributed by atoms with E-state index in [0.717, 1.165) is 62.7 Å². The fourth-order valence-electron chi connectivity index (χ4n) is 4.24. The maximum absolute atomic E-state index is 12.4. The second-order valence-electron chi connectivity index (χ2n) is 7.55. The van der Waals surface area contributed by atoms with Crippen LogP contribution < -0.4 is 0 Å². The van der Waals surface area contributed by atoms with Gasteiger partial charge in [0.25, 0.3) is 0 Å². The second kappa shape index (κ2) is 7.56. The first-order valence-corrected chi connectivity index (χ1v) is 9.71. The van der Waals surface area contributed by atoms with E-state index in [-0.39, 0.29) is 0 Å². The third-order valence-corrected chi connectivity index (χ3v) is 5.77. The van der Waals surface area contributed by atoms with Gasteiger partial charge in [-0.15, -0.1) is 0 Å². The molecule has 25 heavy (non-hydrogen) atoms. The van der Waals surface area contributed by atoms with Crippen LogP contribution in [-0.2, 0) is 11.3 Å². The van der Waals surface area contributed by atoms with Gasteiger partial charge < -0.3 is 4.90 Å². The third-order valence-electron chi connectivity index (χ3n) is 5.77. The molecule has 0 radical (unpaired) electrons. The van der Waals surface area contributed by atoms with Crippen LogP contribution in [0.2, 0.25) is 0 Å². The lowest BCUT2D eigenvalue weighted by atomic mass is 10.0. The molecule has 2 aromatic heterocycles. The van der Waals surface area contributed by atoms with Crippen LogP contribution in [0.3, 0.4) is 0 Å². The number of hydrogen-bond acceptors (Lipinski definition) is 3. The summed E-state index contributed by atoms with van der Waals surface area (Å²) in [6, 6.07) is 8.27. The van der Waals surface area contributed by atoms with Crippen molar-refractivity contribution in [1.29, 1.82) is 0 Å². The molecule has 1 saturated carbocycles. The Hall–Kier alpha value is -1.88.